The summed E-state index contributed by atoms with van der Waals surface area (Å²) in [4.78, 5) is 0. The summed E-state index contributed by atoms with van der Waals surface area (Å²) in [6, 6.07) is 0. The zero-order valence-electron chi connectivity index (χ0n) is 7.60. The maximum Gasteiger partial charge on any atom is 0.292 e. The molecule has 13 heavy (non-hydrogen) atoms. The van der Waals surface area contributed by atoms with E-state index in [-0.39, 0.29) is 19.6 Å². The fourth-order valence-electron chi connectivity index (χ4n) is 0.755. The second-order valence-electron chi connectivity index (χ2n) is 2.34. The van der Waals surface area contributed by atoms with Gasteiger partial charge in [0.1, 0.15) is 0 Å². The van der Waals surface area contributed by atoms with Crippen molar-refractivity contribution in [3.05, 3.63) is 6.92 Å². The van der Waals surface area contributed by atoms with Crippen LogP contribution in [-0.2, 0) is 19.6 Å². The van der Waals surface area contributed by atoms with Gasteiger partial charge in [-0.1, -0.05) is 6.92 Å². The van der Waals surface area contributed by atoms with Gasteiger partial charge in [0.15, 0.2) is 5.44 Å². The highest BCUT2D eigenvalue weighted by atomic mass is 32.2. The summed E-state index contributed by atoms with van der Waals surface area (Å²) in [6.45, 7) is 5.76. The second kappa shape index (κ2) is 6.31. The molecule has 0 aliphatic heterocycles. The molecule has 0 saturated carbocycles. The van der Waals surface area contributed by atoms with Gasteiger partial charge in [0.2, 0.25) is 0 Å². The second-order valence-corrected chi connectivity index (χ2v) is 3.89. The van der Waals surface area contributed by atoms with Crippen molar-refractivity contribution in [2.45, 2.75) is 18.8 Å². The molecule has 5 nitrogen and oxygen atoms in total. The van der Waals surface area contributed by atoms with Gasteiger partial charge < -0.3 is 9.47 Å². The van der Waals surface area contributed by atoms with E-state index in [9.17, 15) is 8.42 Å². The monoisotopic (exact) mass is 211 g/mol. The summed E-state index contributed by atoms with van der Waals surface area (Å²) in [5.74, 6) is 0. The predicted molar refractivity (Wildman–Crippen MR) is 47.8 cm³/mol. The van der Waals surface area contributed by atoms with E-state index >= 15 is 0 Å². The molecule has 0 heterocycles. The van der Waals surface area contributed by atoms with Gasteiger partial charge in [-0.2, -0.15) is 8.42 Å². The first-order valence-electron chi connectivity index (χ1n) is 3.97. The molecule has 1 radical (unpaired) electrons. The zero-order chi connectivity index (χ0) is 10.3. The van der Waals surface area contributed by atoms with Crippen LogP contribution in [-0.4, -0.2) is 38.2 Å². The van der Waals surface area contributed by atoms with E-state index in [4.69, 9.17) is 14.0 Å². The number of hydrogen-bond donors (Lipinski definition) is 1. The standard InChI is InChI=1S/C7H15O5S/c1-3-7(13(8,9)10)12-6-5-11-4-2/h7H,2-6H2,1H3,(H,8,9,10). The van der Waals surface area contributed by atoms with Crippen LogP contribution in [0.15, 0.2) is 0 Å². The summed E-state index contributed by atoms with van der Waals surface area (Å²) in [7, 11) is -4.10. The fraction of sp³-hybridized carbons (Fsp3) is 0.857. The van der Waals surface area contributed by atoms with Gasteiger partial charge in [0, 0.05) is 6.61 Å². The van der Waals surface area contributed by atoms with E-state index in [1.54, 1.807) is 6.92 Å². The van der Waals surface area contributed by atoms with Crippen LogP contribution < -0.4 is 0 Å². The highest BCUT2D eigenvalue weighted by Gasteiger charge is 2.20. The van der Waals surface area contributed by atoms with Crippen molar-refractivity contribution >= 4 is 10.1 Å². The van der Waals surface area contributed by atoms with Crippen molar-refractivity contribution < 1.29 is 22.4 Å². The predicted octanol–water partition coefficient (Wildman–Crippen LogP) is 0.478. The van der Waals surface area contributed by atoms with Crippen LogP contribution in [0.3, 0.4) is 0 Å². The minimum atomic E-state index is -4.10. The normalized spacial score (nSPS) is 14.4. The largest absolute Gasteiger partial charge is 0.379 e. The smallest absolute Gasteiger partial charge is 0.292 e. The molecule has 0 rings (SSSR count). The lowest BCUT2D eigenvalue weighted by Gasteiger charge is -2.12. The number of rotatable bonds is 7. The van der Waals surface area contributed by atoms with Gasteiger partial charge in [-0.15, -0.1) is 0 Å². The van der Waals surface area contributed by atoms with E-state index in [2.05, 4.69) is 6.92 Å². The maximum absolute atomic E-state index is 10.6. The molecule has 0 aliphatic carbocycles. The molecule has 0 saturated heterocycles. The minimum Gasteiger partial charge on any atom is -0.379 e. The van der Waals surface area contributed by atoms with Crippen LogP contribution in [0, 0.1) is 6.92 Å². The fourth-order valence-corrected chi connectivity index (χ4v) is 1.44. The summed E-state index contributed by atoms with van der Waals surface area (Å²) >= 11 is 0. The van der Waals surface area contributed by atoms with Gasteiger partial charge in [-0.3, -0.25) is 4.55 Å². The molecule has 6 heteroatoms. The van der Waals surface area contributed by atoms with Crippen LogP contribution in [0.5, 0.6) is 0 Å². The van der Waals surface area contributed by atoms with E-state index in [1.807, 2.05) is 0 Å². The van der Waals surface area contributed by atoms with Crippen molar-refractivity contribution in [2.75, 3.05) is 19.8 Å². The van der Waals surface area contributed by atoms with Crippen molar-refractivity contribution in [1.82, 2.24) is 0 Å². The Labute approximate surface area is 78.8 Å². The highest BCUT2D eigenvalue weighted by molar-refractivity contribution is 7.86. The summed E-state index contributed by atoms with van der Waals surface area (Å²) in [5.41, 5.74) is -1.15. The van der Waals surface area contributed by atoms with Gasteiger partial charge in [-0.25, -0.2) is 0 Å². The summed E-state index contributed by atoms with van der Waals surface area (Å²) < 4.78 is 39.5. The average Bonchev–Trinajstić information content (AvgIpc) is 2.02. The lowest BCUT2D eigenvalue weighted by molar-refractivity contribution is 0.0384. The lowest BCUT2D eigenvalue weighted by atomic mass is 10.5. The van der Waals surface area contributed by atoms with E-state index in [0.717, 1.165) is 0 Å². The SMILES string of the molecule is [CH2]COCCOC(CC)S(=O)(=O)O. The summed E-state index contributed by atoms with van der Waals surface area (Å²) in [5, 5.41) is 0. The molecule has 0 fully saturated rings. The van der Waals surface area contributed by atoms with Crippen LogP contribution in [0.2, 0.25) is 0 Å². The van der Waals surface area contributed by atoms with Gasteiger partial charge >= 0.3 is 0 Å². The first-order valence-corrected chi connectivity index (χ1v) is 5.47. The minimum absolute atomic E-state index is 0.133. The van der Waals surface area contributed by atoms with E-state index in [1.165, 1.54) is 0 Å². The Balaban J connectivity index is 3.74. The first-order chi connectivity index (χ1) is 6.02. The van der Waals surface area contributed by atoms with Crippen molar-refractivity contribution in [3.63, 3.8) is 0 Å². The first kappa shape index (κ1) is 12.8. The molecule has 0 aromatic heterocycles. The molecule has 0 aliphatic rings. The molecule has 0 aromatic carbocycles. The van der Waals surface area contributed by atoms with Crippen LogP contribution >= 0.6 is 0 Å². The Bertz CT molecular complexity index is 211. The molecule has 1 unspecified atom stereocenters. The number of ether oxygens (including phenoxy) is 2. The van der Waals surface area contributed by atoms with Crippen molar-refractivity contribution in [2.24, 2.45) is 0 Å². The highest BCUT2D eigenvalue weighted by Crippen LogP contribution is 2.04. The zero-order valence-corrected chi connectivity index (χ0v) is 8.42. The quantitative estimate of drug-likeness (QED) is 0.489. The Morgan fingerprint density at radius 3 is 2.46 bits per heavy atom. The maximum atomic E-state index is 10.6. The average molecular weight is 211 g/mol. The molecule has 0 amide bonds. The van der Waals surface area contributed by atoms with Crippen LogP contribution in [0.4, 0.5) is 0 Å². The van der Waals surface area contributed by atoms with Crippen molar-refractivity contribution in [1.29, 1.82) is 0 Å². The Morgan fingerprint density at radius 1 is 1.46 bits per heavy atom. The lowest BCUT2D eigenvalue weighted by Crippen LogP contribution is -2.24. The number of hydrogen-bond acceptors (Lipinski definition) is 4. The molecule has 79 valence electrons. The van der Waals surface area contributed by atoms with E-state index < -0.39 is 15.6 Å². The molecule has 1 N–H and O–H groups in total. The third-order valence-corrected chi connectivity index (χ3v) is 2.48. The summed E-state index contributed by atoms with van der Waals surface area (Å²) in [6.07, 6.45) is 0.212. The van der Waals surface area contributed by atoms with Crippen LogP contribution in [0.25, 0.3) is 0 Å². The van der Waals surface area contributed by atoms with Gasteiger partial charge in [0.25, 0.3) is 10.1 Å². The van der Waals surface area contributed by atoms with Crippen LogP contribution in [0.1, 0.15) is 13.3 Å². The third-order valence-electron chi connectivity index (χ3n) is 1.34. The van der Waals surface area contributed by atoms with Crippen molar-refractivity contribution in [3.8, 4) is 0 Å². The molecule has 1 atom stereocenters. The molecule has 0 bridgehead atoms. The van der Waals surface area contributed by atoms with Gasteiger partial charge in [-0.05, 0) is 13.3 Å². The Kier molecular flexibility index (Phi) is 6.23. The Morgan fingerprint density at radius 2 is 2.08 bits per heavy atom. The third kappa shape index (κ3) is 5.98. The molecule has 0 spiro atoms. The molecule has 0 aromatic rings. The molecular formula is C7H15O5S. The molecular weight excluding hydrogens is 196 g/mol. The van der Waals surface area contributed by atoms with E-state index in [0.29, 0.717) is 6.61 Å². The van der Waals surface area contributed by atoms with Gasteiger partial charge in [0.05, 0.1) is 13.2 Å². The topological polar surface area (TPSA) is 72.8 Å². The Hall–Kier alpha value is -0.170.